The standard InChI is InChI=1S/C22H33NO3/c1-11(2)6-18-19-14(5)12(3)7-15-8-13(4)17-9-16(24)10-21(17,26)22(15,19)20(25)23-18/h7-8,11,14-19,24,26H,6,9-10H2,1-5H3,(H,23,25). The number of hydrogen-bond donors (Lipinski definition) is 3. The van der Waals surface area contributed by atoms with Crippen LogP contribution in [0.3, 0.4) is 0 Å². The minimum atomic E-state index is -1.16. The molecule has 0 aromatic heterocycles. The molecule has 4 rings (SSSR count). The van der Waals surface area contributed by atoms with E-state index in [0.29, 0.717) is 18.8 Å². The molecule has 0 aromatic carbocycles. The summed E-state index contributed by atoms with van der Waals surface area (Å²) in [5, 5.41) is 25.8. The second-order valence-electron chi connectivity index (χ2n) is 9.81. The van der Waals surface area contributed by atoms with Crippen molar-refractivity contribution in [2.75, 3.05) is 0 Å². The van der Waals surface area contributed by atoms with Gasteiger partial charge in [-0.2, -0.15) is 0 Å². The topological polar surface area (TPSA) is 69.6 Å². The van der Waals surface area contributed by atoms with Gasteiger partial charge < -0.3 is 15.5 Å². The van der Waals surface area contributed by atoms with Crippen molar-refractivity contribution in [1.29, 1.82) is 0 Å². The van der Waals surface area contributed by atoms with Gasteiger partial charge in [0.25, 0.3) is 0 Å². The van der Waals surface area contributed by atoms with Crippen LogP contribution in [0.25, 0.3) is 0 Å². The van der Waals surface area contributed by atoms with E-state index in [4.69, 9.17) is 0 Å². The molecule has 1 aliphatic heterocycles. The summed E-state index contributed by atoms with van der Waals surface area (Å²) in [7, 11) is 0. The predicted molar refractivity (Wildman–Crippen MR) is 101 cm³/mol. The van der Waals surface area contributed by atoms with Crippen LogP contribution >= 0.6 is 0 Å². The van der Waals surface area contributed by atoms with Gasteiger partial charge >= 0.3 is 0 Å². The molecule has 1 amide bonds. The largest absolute Gasteiger partial charge is 0.393 e. The van der Waals surface area contributed by atoms with Crippen molar-refractivity contribution in [2.45, 2.75) is 71.6 Å². The molecule has 4 aliphatic rings. The third-order valence-corrected chi connectivity index (χ3v) is 7.94. The lowest BCUT2D eigenvalue weighted by Gasteiger charge is -2.57. The Morgan fingerprint density at radius 3 is 2.58 bits per heavy atom. The second-order valence-corrected chi connectivity index (χ2v) is 9.81. The first-order valence-corrected chi connectivity index (χ1v) is 10.2. The van der Waals surface area contributed by atoms with Gasteiger partial charge in [-0.3, -0.25) is 4.79 Å². The van der Waals surface area contributed by atoms with Crippen molar-refractivity contribution >= 4 is 5.91 Å². The molecule has 0 radical (unpaired) electrons. The van der Waals surface area contributed by atoms with E-state index in [1.54, 1.807) is 0 Å². The summed E-state index contributed by atoms with van der Waals surface area (Å²) in [6, 6.07) is 0.0814. The van der Waals surface area contributed by atoms with Gasteiger partial charge in [0.2, 0.25) is 5.91 Å². The normalized spacial score (nSPS) is 49.9. The summed E-state index contributed by atoms with van der Waals surface area (Å²) in [4.78, 5) is 13.6. The van der Waals surface area contributed by atoms with Crippen LogP contribution in [0.4, 0.5) is 0 Å². The molecular weight excluding hydrogens is 326 g/mol. The molecule has 0 bridgehead atoms. The molecule has 8 unspecified atom stereocenters. The fraction of sp³-hybridized carbons (Fsp3) is 0.773. The van der Waals surface area contributed by atoms with Crippen LogP contribution in [0.2, 0.25) is 0 Å². The van der Waals surface area contributed by atoms with E-state index >= 15 is 0 Å². The average molecular weight is 360 g/mol. The summed E-state index contributed by atoms with van der Waals surface area (Å²) in [5.41, 5.74) is 0.414. The number of rotatable bonds is 2. The zero-order valence-electron chi connectivity index (χ0n) is 16.6. The van der Waals surface area contributed by atoms with E-state index in [1.165, 1.54) is 5.57 Å². The maximum absolute atomic E-state index is 13.6. The first-order chi connectivity index (χ1) is 12.1. The monoisotopic (exact) mass is 359 g/mol. The lowest BCUT2D eigenvalue weighted by Crippen LogP contribution is -2.65. The lowest BCUT2D eigenvalue weighted by molar-refractivity contribution is -0.174. The van der Waals surface area contributed by atoms with Crippen LogP contribution in [0.15, 0.2) is 23.3 Å². The molecule has 1 saturated heterocycles. The van der Waals surface area contributed by atoms with E-state index in [2.05, 4.69) is 52.1 Å². The molecular formula is C22H33NO3. The van der Waals surface area contributed by atoms with Crippen LogP contribution in [0, 0.1) is 35.0 Å². The molecule has 1 saturated carbocycles. The molecule has 144 valence electrons. The van der Waals surface area contributed by atoms with Gasteiger partial charge in [-0.15, -0.1) is 0 Å². The number of carbonyl (C=O) groups is 1. The molecule has 4 nitrogen and oxygen atoms in total. The van der Waals surface area contributed by atoms with E-state index < -0.39 is 17.1 Å². The number of aliphatic hydroxyl groups excluding tert-OH is 1. The van der Waals surface area contributed by atoms with Gasteiger partial charge in [0.15, 0.2) is 0 Å². The Balaban J connectivity index is 1.94. The summed E-state index contributed by atoms with van der Waals surface area (Å²) >= 11 is 0. The fourth-order valence-corrected chi connectivity index (χ4v) is 6.95. The molecule has 8 atom stereocenters. The number of carbonyl (C=O) groups excluding carboxylic acids is 1. The number of aliphatic hydroxyl groups is 2. The van der Waals surface area contributed by atoms with Gasteiger partial charge in [-0.05, 0) is 38.5 Å². The summed E-state index contributed by atoms with van der Waals surface area (Å²) in [6.45, 7) is 10.8. The zero-order chi connectivity index (χ0) is 19.0. The number of hydrogen-bond acceptors (Lipinski definition) is 3. The summed E-state index contributed by atoms with van der Waals surface area (Å²) in [6.07, 6.45) is 5.66. The first kappa shape index (κ1) is 18.2. The molecule has 0 aromatic rings. The van der Waals surface area contributed by atoms with E-state index in [-0.39, 0.29) is 35.6 Å². The predicted octanol–water partition coefficient (Wildman–Crippen LogP) is 2.81. The highest BCUT2D eigenvalue weighted by molar-refractivity contribution is 5.89. The minimum absolute atomic E-state index is 0.000833. The Morgan fingerprint density at radius 1 is 1.27 bits per heavy atom. The van der Waals surface area contributed by atoms with Crippen LogP contribution in [-0.2, 0) is 4.79 Å². The smallest absolute Gasteiger partial charge is 0.230 e. The van der Waals surface area contributed by atoms with Crippen molar-refractivity contribution in [2.24, 2.45) is 35.0 Å². The van der Waals surface area contributed by atoms with Crippen LogP contribution in [0.5, 0.6) is 0 Å². The van der Waals surface area contributed by atoms with Crippen molar-refractivity contribution in [3.05, 3.63) is 23.3 Å². The highest BCUT2D eigenvalue weighted by Gasteiger charge is 2.74. The maximum Gasteiger partial charge on any atom is 0.230 e. The Hall–Kier alpha value is -1.13. The van der Waals surface area contributed by atoms with E-state index in [0.717, 1.165) is 12.0 Å². The van der Waals surface area contributed by atoms with Gasteiger partial charge in [0, 0.05) is 30.2 Å². The average Bonchev–Trinajstić information content (AvgIpc) is 2.99. The summed E-state index contributed by atoms with van der Waals surface area (Å²) in [5.74, 6) is 0.566. The van der Waals surface area contributed by atoms with Gasteiger partial charge in [0.1, 0.15) is 0 Å². The molecule has 26 heavy (non-hydrogen) atoms. The number of fused-ring (bicyclic) bond motifs is 1. The fourth-order valence-electron chi connectivity index (χ4n) is 6.95. The molecule has 4 heteroatoms. The van der Waals surface area contributed by atoms with Gasteiger partial charge in [0.05, 0.1) is 17.1 Å². The van der Waals surface area contributed by atoms with Gasteiger partial charge in [-0.25, -0.2) is 0 Å². The zero-order valence-corrected chi connectivity index (χ0v) is 16.6. The number of amides is 1. The Bertz CT molecular complexity index is 696. The van der Waals surface area contributed by atoms with Crippen molar-refractivity contribution in [3.63, 3.8) is 0 Å². The highest BCUT2D eigenvalue weighted by atomic mass is 16.3. The van der Waals surface area contributed by atoms with E-state index in [1.807, 2.05) is 0 Å². The molecule has 3 N–H and O–H groups in total. The SMILES string of the molecule is CC1=CC2C=C(C)C3CC(O)CC3(O)C23C(=O)NC(CC(C)C)C3C1C. The Morgan fingerprint density at radius 2 is 1.92 bits per heavy atom. The molecule has 1 heterocycles. The molecule has 2 fully saturated rings. The molecule has 3 aliphatic carbocycles. The van der Waals surface area contributed by atoms with Crippen LogP contribution in [0.1, 0.15) is 53.9 Å². The van der Waals surface area contributed by atoms with Crippen molar-refractivity contribution in [3.8, 4) is 0 Å². The molecule has 1 spiro atoms. The van der Waals surface area contributed by atoms with E-state index in [9.17, 15) is 15.0 Å². The summed E-state index contributed by atoms with van der Waals surface area (Å²) < 4.78 is 0. The number of allylic oxidation sites excluding steroid dienone is 3. The Kier molecular flexibility index (Phi) is 3.99. The highest BCUT2D eigenvalue weighted by Crippen LogP contribution is 2.67. The quantitative estimate of drug-likeness (QED) is 0.664. The lowest BCUT2D eigenvalue weighted by atomic mass is 9.46. The van der Waals surface area contributed by atoms with Crippen LogP contribution < -0.4 is 5.32 Å². The van der Waals surface area contributed by atoms with Crippen molar-refractivity contribution < 1.29 is 15.0 Å². The number of nitrogens with one attached hydrogen (secondary N) is 1. The van der Waals surface area contributed by atoms with Gasteiger partial charge in [-0.1, -0.05) is 44.1 Å². The second kappa shape index (κ2) is 5.68. The minimum Gasteiger partial charge on any atom is -0.393 e. The van der Waals surface area contributed by atoms with Crippen molar-refractivity contribution in [1.82, 2.24) is 5.32 Å². The maximum atomic E-state index is 13.6. The Labute approximate surface area is 156 Å². The first-order valence-electron chi connectivity index (χ1n) is 10.2. The third-order valence-electron chi connectivity index (χ3n) is 7.94. The van der Waals surface area contributed by atoms with Crippen LogP contribution in [-0.4, -0.2) is 33.9 Å². The third kappa shape index (κ3) is 2.06.